The number of benzene rings is 1. The van der Waals surface area contributed by atoms with Crippen molar-refractivity contribution < 1.29 is 0 Å². The lowest BCUT2D eigenvalue weighted by Gasteiger charge is -2.32. The number of fused-ring (bicyclic) bond motifs is 1. The highest BCUT2D eigenvalue weighted by atomic mass is 14.6. The molecule has 1 heteroatoms. The summed E-state index contributed by atoms with van der Waals surface area (Å²) in [6, 6.07) is 5.03. The van der Waals surface area contributed by atoms with Crippen LogP contribution in [-0.4, -0.2) is 0 Å². The van der Waals surface area contributed by atoms with Crippen molar-refractivity contribution in [2.24, 2.45) is 5.73 Å². The Labute approximate surface area is 112 Å². The first-order chi connectivity index (χ1) is 8.41. The molecule has 0 amide bonds. The molecular formula is C17H27N. The number of hydrogen-bond acceptors (Lipinski definition) is 1. The minimum atomic E-state index is 0.243. The molecular weight excluding hydrogens is 218 g/mol. The van der Waals surface area contributed by atoms with E-state index in [0.29, 0.717) is 17.8 Å². The van der Waals surface area contributed by atoms with Crippen molar-refractivity contribution in [3.63, 3.8) is 0 Å². The Kier molecular flexibility index (Phi) is 3.82. The highest BCUT2D eigenvalue weighted by molar-refractivity contribution is 5.46. The molecule has 2 rings (SSSR count). The summed E-state index contributed by atoms with van der Waals surface area (Å²) in [5.41, 5.74) is 12.3. The zero-order chi connectivity index (χ0) is 13.4. The molecule has 1 nitrogen and oxygen atoms in total. The molecule has 1 aliphatic carbocycles. The summed E-state index contributed by atoms with van der Waals surface area (Å²) in [5, 5.41) is 0. The largest absolute Gasteiger partial charge is 0.324 e. The standard InChI is InChI=1S/C17H27N/c1-10(2)13-8-14(11(3)4)17-12(5)6-7-16(18)15(17)9-13/h8-12,16H,6-7,18H2,1-5H3/t12?,16-/m0/s1. The lowest BCUT2D eigenvalue weighted by molar-refractivity contribution is 0.506. The summed E-state index contributed by atoms with van der Waals surface area (Å²) >= 11 is 0. The van der Waals surface area contributed by atoms with Crippen LogP contribution in [0.5, 0.6) is 0 Å². The Morgan fingerprint density at radius 2 is 1.72 bits per heavy atom. The smallest absolute Gasteiger partial charge is 0.0298 e. The van der Waals surface area contributed by atoms with E-state index < -0.39 is 0 Å². The molecule has 18 heavy (non-hydrogen) atoms. The van der Waals surface area contributed by atoms with Crippen LogP contribution in [0.3, 0.4) is 0 Å². The molecule has 0 heterocycles. The molecule has 1 unspecified atom stereocenters. The molecule has 0 spiro atoms. The molecule has 0 bridgehead atoms. The predicted molar refractivity (Wildman–Crippen MR) is 79.2 cm³/mol. The maximum atomic E-state index is 6.35. The minimum absolute atomic E-state index is 0.243. The van der Waals surface area contributed by atoms with Gasteiger partial charge in [-0.3, -0.25) is 0 Å². The van der Waals surface area contributed by atoms with Crippen LogP contribution in [0.15, 0.2) is 12.1 Å². The lowest BCUT2D eigenvalue weighted by Crippen LogP contribution is -2.22. The second-order valence-corrected chi connectivity index (χ2v) is 6.51. The van der Waals surface area contributed by atoms with Gasteiger partial charge in [-0.1, -0.05) is 46.8 Å². The summed E-state index contributed by atoms with van der Waals surface area (Å²) < 4.78 is 0. The molecule has 0 radical (unpaired) electrons. The highest BCUT2D eigenvalue weighted by Gasteiger charge is 2.26. The molecule has 0 aromatic heterocycles. The van der Waals surface area contributed by atoms with Gasteiger partial charge in [-0.25, -0.2) is 0 Å². The summed E-state index contributed by atoms with van der Waals surface area (Å²) in [6.45, 7) is 11.5. The molecule has 2 N–H and O–H groups in total. The van der Waals surface area contributed by atoms with E-state index in [1.807, 2.05) is 0 Å². The van der Waals surface area contributed by atoms with Gasteiger partial charge in [-0.2, -0.15) is 0 Å². The molecule has 0 fully saturated rings. The second kappa shape index (κ2) is 5.05. The van der Waals surface area contributed by atoms with Crippen LogP contribution in [0.25, 0.3) is 0 Å². The van der Waals surface area contributed by atoms with Gasteiger partial charge in [0.2, 0.25) is 0 Å². The third-order valence-corrected chi connectivity index (χ3v) is 4.36. The molecule has 0 aliphatic heterocycles. The van der Waals surface area contributed by atoms with Gasteiger partial charge in [-0.15, -0.1) is 0 Å². The van der Waals surface area contributed by atoms with Gasteiger partial charge >= 0.3 is 0 Å². The average molecular weight is 245 g/mol. The van der Waals surface area contributed by atoms with Crippen LogP contribution in [-0.2, 0) is 0 Å². The number of hydrogen-bond donors (Lipinski definition) is 1. The molecule has 1 aromatic carbocycles. The number of nitrogens with two attached hydrogens (primary N) is 1. The van der Waals surface area contributed by atoms with Gasteiger partial charge in [0.05, 0.1) is 0 Å². The lowest BCUT2D eigenvalue weighted by atomic mass is 9.75. The van der Waals surface area contributed by atoms with Gasteiger partial charge < -0.3 is 5.73 Å². The first-order valence-corrected chi connectivity index (χ1v) is 7.35. The van der Waals surface area contributed by atoms with E-state index in [1.165, 1.54) is 23.1 Å². The third kappa shape index (κ3) is 2.33. The average Bonchev–Trinajstić information content (AvgIpc) is 2.32. The Balaban J connectivity index is 2.64. The van der Waals surface area contributed by atoms with E-state index in [1.54, 1.807) is 5.56 Å². The van der Waals surface area contributed by atoms with Crippen LogP contribution in [0.1, 0.15) is 93.5 Å². The van der Waals surface area contributed by atoms with Crippen molar-refractivity contribution in [3.8, 4) is 0 Å². The zero-order valence-corrected chi connectivity index (χ0v) is 12.5. The molecule has 1 aliphatic rings. The normalized spacial score (nSPS) is 23.6. The van der Waals surface area contributed by atoms with Gasteiger partial charge in [0.25, 0.3) is 0 Å². The first-order valence-electron chi connectivity index (χ1n) is 7.35. The fourth-order valence-corrected chi connectivity index (χ4v) is 3.14. The van der Waals surface area contributed by atoms with E-state index in [4.69, 9.17) is 5.73 Å². The third-order valence-electron chi connectivity index (χ3n) is 4.36. The monoisotopic (exact) mass is 245 g/mol. The van der Waals surface area contributed by atoms with Crippen molar-refractivity contribution in [3.05, 3.63) is 34.4 Å². The van der Waals surface area contributed by atoms with Gasteiger partial charge in [0, 0.05) is 6.04 Å². The van der Waals surface area contributed by atoms with Crippen LogP contribution in [0.2, 0.25) is 0 Å². The van der Waals surface area contributed by atoms with E-state index >= 15 is 0 Å². The molecule has 2 atom stereocenters. The summed E-state index contributed by atoms with van der Waals surface area (Å²) in [5.74, 6) is 1.83. The van der Waals surface area contributed by atoms with Crippen molar-refractivity contribution in [2.45, 2.75) is 71.3 Å². The van der Waals surface area contributed by atoms with Crippen LogP contribution < -0.4 is 5.73 Å². The van der Waals surface area contributed by atoms with E-state index in [0.717, 1.165) is 6.42 Å². The van der Waals surface area contributed by atoms with E-state index in [-0.39, 0.29) is 6.04 Å². The van der Waals surface area contributed by atoms with Gasteiger partial charge in [-0.05, 0) is 52.8 Å². The summed E-state index contributed by atoms with van der Waals surface area (Å²) in [7, 11) is 0. The summed E-state index contributed by atoms with van der Waals surface area (Å²) in [6.07, 6.45) is 2.36. The first kappa shape index (κ1) is 13.6. The van der Waals surface area contributed by atoms with Gasteiger partial charge in [0.1, 0.15) is 0 Å². The predicted octanol–water partition coefficient (Wildman–Crippen LogP) is 4.83. The second-order valence-electron chi connectivity index (χ2n) is 6.51. The fraction of sp³-hybridized carbons (Fsp3) is 0.647. The van der Waals surface area contributed by atoms with Crippen LogP contribution in [0, 0.1) is 0 Å². The quantitative estimate of drug-likeness (QED) is 0.793. The highest BCUT2D eigenvalue weighted by Crippen LogP contribution is 2.41. The number of rotatable bonds is 2. The fourth-order valence-electron chi connectivity index (χ4n) is 3.14. The van der Waals surface area contributed by atoms with Crippen molar-refractivity contribution in [1.82, 2.24) is 0 Å². The minimum Gasteiger partial charge on any atom is -0.324 e. The molecule has 100 valence electrons. The maximum absolute atomic E-state index is 6.35. The molecule has 0 saturated heterocycles. The Morgan fingerprint density at radius 1 is 1.06 bits per heavy atom. The Hall–Kier alpha value is -0.820. The van der Waals surface area contributed by atoms with Crippen molar-refractivity contribution in [1.29, 1.82) is 0 Å². The van der Waals surface area contributed by atoms with E-state index in [9.17, 15) is 0 Å². The van der Waals surface area contributed by atoms with Crippen molar-refractivity contribution in [2.75, 3.05) is 0 Å². The van der Waals surface area contributed by atoms with E-state index in [2.05, 4.69) is 46.8 Å². The zero-order valence-electron chi connectivity index (χ0n) is 12.5. The van der Waals surface area contributed by atoms with Crippen molar-refractivity contribution >= 4 is 0 Å². The SMILES string of the molecule is CC(C)c1cc(C(C)C)c2c(c1)[C@@H](N)CCC2C. The van der Waals surface area contributed by atoms with Crippen LogP contribution >= 0.6 is 0 Å². The Morgan fingerprint density at radius 3 is 2.28 bits per heavy atom. The maximum Gasteiger partial charge on any atom is 0.0298 e. The molecule has 1 aromatic rings. The van der Waals surface area contributed by atoms with Gasteiger partial charge in [0.15, 0.2) is 0 Å². The summed E-state index contributed by atoms with van der Waals surface area (Å²) in [4.78, 5) is 0. The molecule has 0 saturated carbocycles. The Bertz CT molecular complexity index is 414. The topological polar surface area (TPSA) is 26.0 Å². The van der Waals surface area contributed by atoms with Crippen LogP contribution in [0.4, 0.5) is 0 Å².